The smallest absolute Gasteiger partial charge is 0.376 e. The van der Waals surface area contributed by atoms with Crippen LogP contribution in [0.5, 0.6) is 0 Å². The van der Waals surface area contributed by atoms with Gasteiger partial charge in [0.1, 0.15) is 5.82 Å². The lowest BCUT2D eigenvalue weighted by atomic mass is 10.2. The minimum Gasteiger partial charge on any atom is -0.460 e. The molecular formula is C14H13ClFNO3. The van der Waals surface area contributed by atoms with Gasteiger partial charge in [-0.25, -0.2) is 14.2 Å². The van der Waals surface area contributed by atoms with Crippen LogP contribution in [0.25, 0.3) is 11.5 Å². The van der Waals surface area contributed by atoms with Gasteiger partial charge in [-0.3, -0.25) is 0 Å². The molecule has 0 saturated heterocycles. The molecule has 4 nitrogen and oxygen atoms in total. The molecule has 2 aromatic rings. The number of benzene rings is 1. The first-order valence-electron chi connectivity index (χ1n) is 6.19. The highest BCUT2D eigenvalue weighted by atomic mass is 35.5. The van der Waals surface area contributed by atoms with E-state index in [1.54, 1.807) is 6.92 Å². The molecular weight excluding hydrogens is 285 g/mol. The van der Waals surface area contributed by atoms with Gasteiger partial charge in [0.15, 0.2) is 0 Å². The molecule has 0 bridgehead atoms. The molecule has 0 fully saturated rings. The van der Waals surface area contributed by atoms with Crippen LogP contribution in [0.2, 0.25) is 5.02 Å². The number of carbonyl (C=O) groups is 1. The van der Waals surface area contributed by atoms with E-state index in [2.05, 4.69) is 4.98 Å². The van der Waals surface area contributed by atoms with Crippen molar-refractivity contribution in [3.63, 3.8) is 0 Å². The van der Waals surface area contributed by atoms with Gasteiger partial charge in [0, 0.05) is 5.56 Å². The Labute approximate surface area is 120 Å². The van der Waals surface area contributed by atoms with Crippen LogP contribution in [0.15, 0.2) is 22.6 Å². The van der Waals surface area contributed by atoms with Gasteiger partial charge in [0.2, 0.25) is 11.7 Å². The van der Waals surface area contributed by atoms with Crippen molar-refractivity contribution in [1.29, 1.82) is 0 Å². The van der Waals surface area contributed by atoms with Crippen LogP contribution in [0, 0.1) is 5.82 Å². The maximum absolute atomic E-state index is 13.1. The fraction of sp³-hybridized carbons (Fsp3) is 0.286. The SMILES string of the molecule is CCOC(=O)c1oc(-c2ccc(F)c(Cl)c2)nc1CC. The number of nitrogens with zero attached hydrogens (tertiary/aromatic N) is 1. The van der Waals surface area contributed by atoms with Gasteiger partial charge >= 0.3 is 5.97 Å². The molecule has 0 amide bonds. The largest absolute Gasteiger partial charge is 0.460 e. The Hall–Kier alpha value is -1.88. The zero-order valence-electron chi connectivity index (χ0n) is 11.1. The van der Waals surface area contributed by atoms with Crippen LogP contribution < -0.4 is 0 Å². The first-order valence-corrected chi connectivity index (χ1v) is 6.56. The van der Waals surface area contributed by atoms with Gasteiger partial charge in [-0.15, -0.1) is 0 Å². The van der Waals surface area contributed by atoms with Crippen LogP contribution in [-0.2, 0) is 11.2 Å². The third-order valence-electron chi connectivity index (χ3n) is 2.66. The Balaban J connectivity index is 2.42. The molecule has 0 spiro atoms. The number of halogens is 2. The van der Waals surface area contributed by atoms with E-state index in [0.29, 0.717) is 17.7 Å². The second kappa shape index (κ2) is 6.05. The van der Waals surface area contributed by atoms with Gasteiger partial charge in [0.25, 0.3) is 0 Å². The third-order valence-corrected chi connectivity index (χ3v) is 2.95. The number of rotatable bonds is 4. The molecule has 0 saturated carbocycles. The summed E-state index contributed by atoms with van der Waals surface area (Å²) in [4.78, 5) is 16.0. The number of oxazole rings is 1. The van der Waals surface area contributed by atoms with Gasteiger partial charge < -0.3 is 9.15 Å². The average molecular weight is 298 g/mol. The molecule has 0 aliphatic heterocycles. The van der Waals surface area contributed by atoms with Gasteiger partial charge in [0.05, 0.1) is 17.3 Å². The Bertz CT molecular complexity index is 639. The highest BCUT2D eigenvalue weighted by Crippen LogP contribution is 2.26. The quantitative estimate of drug-likeness (QED) is 0.804. The molecule has 1 aromatic carbocycles. The monoisotopic (exact) mass is 297 g/mol. The first kappa shape index (κ1) is 14.5. The van der Waals surface area contributed by atoms with Crippen molar-refractivity contribution in [2.45, 2.75) is 20.3 Å². The normalized spacial score (nSPS) is 10.6. The van der Waals surface area contributed by atoms with Crippen LogP contribution in [0.4, 0.5) is 4.39 Å². The van der Waals surface area contributed by atoms with E-state index in [4.69, 9.17) is 20.8 Å². The standard InChI is InChI=1S/C14H13ClFNO3/c1-3-11-12(14(18)19-4-2)20-13(17-11)8-5-6-10(16)9(15)7-8/h5-7H,3-4H2,1-2H3. The second-order valence-electron chi connectivity index (χ2n) is 4.00. The molecule has 0 radical (unpaired) electrons. The van der Waals surface area contributed by atoms with Crippen molar-refractivity contribution in [2.24, 2.45) is 0 Å². The lowest BCUT2D eigenvalue weighted by Gasteiger charge is -1.99. The molecule has 2 rings (SSSR count). The molecule has 1 aromatic heterocycles. The molecule has 6 heteroatoms. The summed E-state index contributed by atoms with van der Waals surface area (Å²) in [6.07, 6.45) is 0.520. The summed E-state index contributed by atoms with van der Waals surface area (Å²) in [5.41, 5.74) is 1.00. The summed E-state index contributed by atoms with van der Waals surface area (Å²) in [7, 11) is 0. The summed E-state index contributed by atoms with van der Waals surface area (Å²) < 4.78 is 23.5. The Morgan fingerprint density at radius 3 is 2.80 bits per heavy atom. The zero-order valence-corrected chi connectivity index (χ0v) is 11.8. The highest BCUT2D eigenvalue weighted by Gasteiger charge is 2.21. The van der Waals surface area contributed by atoms with Crippen molar-refractivity contribution < 1.29 is 18.3 Å². The fourth-order valence-corrected chi connectivity index (χ4v) is 1.88. The third kappa shape index (κ3) is 2.82. The van der Waals surface area contributed by atoms with Gasteiger partial charge in [-0.2, -0.15) is 0 Å². The predicted octanol–water partition coefficient (Wildman–Crippen LogP) is 3.87. The molecule has 106 valence electrons. The maximum Gasteiger partial charge on any atom is 0.376 e. The lowest BCUT2D eigenvalue weighted by molar-refractivity contribution is 0.0489. The molecule has 0 unspecified atom stereocenters. The fourth-order valence-electron chi connectivity index (χ4n) is 1.70. The molecule has 0 aliphatic carbocycles. The van der Waals surface area contributed by atoms with Crippen molar-refractivity contribution >= 4 is 17.6 Å². The number of hydrogen-bond donors (Lipinski definition) is 0. The van der Waals surface area contributed by atoms with E-state index >= 15 is 0 Å². The summed E-state index contributed by atoms with van der Waals surface area (Å²) in [5.74, 6) is -0.795. The zero-order chi connectivity index (χ0) is 14.7. The molecule has 20 heavy (non-hydrogen) atoms. The number of esters is 1. The molecule has 0 aliphatic rings. The number of aryl methyl sites for hydroxylation is 1. The lowest BCUT2D eigenvalue weighted by Crippen LogP contribution is -2.05. The van der Waals surface area contributed by atoms with Crippen LogP contribution in [-0.4, -0.2) is 17.6 Å². The summed E-state index contributed by atoms with van der Waals surface area (Å²) in [6.45, 7) is 3.81. The average Bonchev–Trinajstić information content (AvgIpc) is 2.86. The van der Waals surface area contributed by atoms with Crippen molar-refractivity contribution in [1.82, 2.24) is 4.98 Å². The van der Waals surface area contributed by atoms with Crippen LogP contribution in [0.3, 0.4) is 0 Å². The van der Waals surface area contributed by atoms with Crippen molar-refractivity contribution in [3.05, 3.63) is 40.5 Å². The van der Waals surface area contributed by atoms with E-state index in [9.17, 15) is 9.18 Å². The number of ether oxygens (including phenoxy) is 1. The van der Waals surface area contributed by atoms with Gasteiger partial charge in [-0.05, 0) is 31.5 Å². The number of hydrogen-bond acceptors (Lipinski definition) is 4. The summed E-state index contributed by atoms with van der Waals surface area (Å²) in [6, 6.07) is 4.11. The minimum atomic E-state index is -0.559. The Kier molecular flexibility index (Phi) is 4.39. The van der Waals surface area contributed by atoms with E-state index in [0.717, 1.165) is 0 Å². The Morgan fingerprint density at radius 2 is 2.20 bits per heavy atom. The highest BCUT2D eigenvalue weighted by molar-refractivity contribution is 6.31. The summed E-state index contributed by atoms with van der Waals surface area (Å²) >= 11 is 5.72. The van der Waals surface area contributed by atoms with Crippen molar-refractivity contribution in [3.8, 4) is 11.5 Å². The Morgan fingerprint density at radius 1 is 1.45 bits per heavy atom. The van der Waals surface area contributed by atoms with E-state index in [1.165, 1.54) is 18.2 Å². The predicted molar refractivity (Wildman–Crippen MR) is 72.2 cm³/mol. The number of carbonyl (C=O) groups excluding carboxylic acids is 1. The van der Waals surface area contributed by atoms with E-state index in [1.807, 2.05) is 6.92 Å². The van der Waals surface area contributed by atoms with E-state index < -0.39 is 11.8 Å². The number of aromatic nitrogens is 1. The molecule has 0 atom stereocenters. The van der Waals surface area contributed by atoms with Crippen LogP contribution in [0.1, 0.15) is 30.1 Å². The molecule has 0 N–H and O–H groups in total. The molecule has 1 heterocycles. The first-order chi connectivity index (χ1) is 9.56. The topological polar surface area (TPSA) is 52.3 Å². The van der Waals surface area contributed by atoms with E-state index in [-0.39, 0.29) is 23.3 Å². The van der Waals surface area contributed by atoms with Gasteiger partial charge in [-0.1, -0.05) is 18.5 Å². The maximum atomic E-state index is 13.1. The minimum absolute atomic E-state index is 0.0311. The van der Waals surface area contributed by atoms with Crippen molar-refractivity contribution in [2.75, 3.05) is 6.61 Å². The van der Waals surface area contributed by atoms with Crippen LogP contribution >= 0.6 is 11.6 Å². The second-order valence-corrected chi connectivity index (χ2v) is 4.40. The summed E-state index contributed by atoms with van der Waals surface area (Å²) in [5, 5.41) is -0.0311.